The molecule has 3 aromatic carbocycles. The van der Waals surface area contributed by atoms with Crippen molar-refractivity contribution in [1.29, 1.82) is 0 Å². The quantitative estimate of drug-likeness (QED) is 0.428. The second-order valence-electron chi connectivity index (χ2n) is 8.68. The molecule has 0 saturated carbocycles. The minimum Gasteiger partial charge on any atom is -0.484 e. The van der Waals surface area contributed by atoms with Crippen molar-refractivity contribution in [1.82, 2.24) is 4.90 Å². The van der Waals surface area contributed by atoms with E-state index in [1.807, 2.05) is 6.07 Å². The van der Waals surface area contributed by atoms with Crippen molar-refractivity contribution in [3.05, 3.63) is 99.0 Å². The van der Waals surface area contributed by atoms with E-state index in [4.69, 9.17) is 27.9 Å². The molecule has 5 rings (SSSR count). The van der Waals surface area contributed by atoms with Gasteiger partial charge >= 0.3 is 0 Å². The maximum Gasteiger partial charge on any atom is 0.254 e. The average molecular weight is 494 g/mol. The Hall–Kier alpha value is -3.15. The molecule has 0 radical (unpaired) electrons. The summed E-state index contributed by atoms with van der Waals surface area (Å²) in [6, 6.07) is 18.9. The summed E-state index contributed by atoms with van der Waals surface area (Å²) in [5, 5.41) is 0.697. The number of halogens is 2. The van der Waals surface area contributed by atoms with Gasteiger partial charge in [0, 0.05) is 42.1 Å². The Morgan fingerprint density at radius 1 is 0.882 bits per heavy atom. The molecule has 0 N–H and O–H groups in total. The first-order valence-electron chi connectivity index (χ1n) is 11.1. The van der Waals surface area contributed by atoms with Crippen LogP contribution in [0, 0.1) is 0 Å². The third-order valence-corrected chi connectivity index (χ3v) is 7.01. The van der Waals surface area contributed by atoms with Gasteiger partial charge in [0.25, 0.3) is 5.91 Å². The second-order valence-corrected chi connectivity index (χ2v) is 9.53. The normalized spacial score (nSPS) is 16.6. The van der Waals surface area contributed by atoms with E-state index in [-0.39, 0.29) is 23.9 Å². The van der Waals surface area contributed by atoms with Crippen LogP contribution in [-0.2, 0) is 0 Å². The number of benzene rings is 3. The van der Waals surface area contributed by atoms with E-state index in [1.165, 1.54) is 0 Å². The Morgan fingerprint density at radius 2 is 1.53 bits per heavy atom. The topological polar surface area (TPSA) is 63.7 Å². The number of ketones is 2. The van der Waals surface area contributed by atoms with Gasteiger partial charge in [0.05, 0.1) is 22.6 Å². The van der Waals surface area contributed by atoms with Crippen LogP contribution in [0.2, 0.25) is 10.0 Å². The summed E-state index contributed by atoms with van der Waals surface area (Å²) in [6.45, 7) is 0.807. The Bertz CT molecular complexity index is 1300. The van der Waals surface area contributed by atoms with Gasteiger partial charge in [-0.05, 0) is 18.2 Å². The zero-order valence-electron chi connectivity index (χ0n) is 18.2. The number of rotatable bonds is 3. The van der Waals surface area contributed by atoms with E-state index < -0.39 is 5.60 Å². The fraction of sp³-hybridized carbons (Fsp3) is 0.222. The zero-order valence-corrected chi connectivity index (χ0v) is 19.7. The molecule has 3 aromatic rings. The van der Waals surface area contributed by atoms with E-state index in [1.54, 1.807) is 65.6 Å². The molecule has 2 heterocycles. The minimum atomic E-state index is -0.711. The van der Waals surface area contributed by atoms with Gasteiger partial charge in [0.2, 0.25) is 0 Å². The number of nitrogens with zero attached hydrogens (tertiary/aromatic N) is 1. The fourth-order valence-corrected chi connectivity index (χ4v) is 5.22. The smallest absolute Gasteiger partial charge is 0.254 e. The van der Waals surface area contributed by atoms with E-state index in [9.17, 15) is 14.4 Å². The molecule has 0 unspecified atom stereocenters. The lowest BCUT2D eigenvalue weighted by atomic mass is 9.82. The van der Waals surface area contributed by atoms with Crippen LogP contribution in [0.3, 0.4) is 0 Å². The highest BCUT2D eigenvalue weighted by Crippen LogP contribution is 2.44. The standard InChI is InChI=1S/C27H21Cl2NO4/c28-18-14-21-23(31)16-27(34-25(21)22(29)15-18)10-12-30(13-11-27)26(33)20-9-5-4-8-19(20)24(32)17-6-2-1-3-7-17/h1-9,14-15H,10-13,16H2. The number of fused-ring (bicyclic) bond motifs is 1. The third kappa shape index (κ3) is 4.10. The van der Waals surface area contributed by atoms with Crippen molar-refractivity contribution in [3.63, 3.8) is 0 Å². The van der Waals surface area contributed by atoms with Gasteiger partial charge < -0.3 is 9.64 Å². The SMILES string of the molecule is O=C(c1ccccc1)c1ccccc1C(=O)N1CCC2(CC1)CC(=O)c1cc(Cl)cc(Cl)c1O2. The van der Waals surface area contributed by atoms with Gasteiger partial charge in [-0.25, -0.2) is 0 Å². The molecule has 34 heavy (non-hydrogen) atoms. The number of carbonyl (C=O) groups is 3. The van der Waals surface area contributed by atoms with Crippen LogP contribution in [0.25, 0.3) is 0 Å². The van der Waals surface area contributed by atoms with Gasteiger partial charge in [0.1, 0.15) is 11.4 Å². The molecule has 2 aliphatic rings. The molecule has 172 valence electrons. The number of likely N-dealkylation sites (tertiary alicyclic amines) is 1. The van der Waals surface area contributed by atoms with Crippen molar-refractivity contribution in [2.45, 2.75) is 24.9 Å². The van der Waals surface area contributed by atoms with Gasteiger partial charge in [-0.3, -0.25) is 14.4 Å². The highest BCUT2D eigenvalue weighted by molar-refractivity contribution is 6.36. The zero-order chi connectivity index (χ0) is 23.9. The maximum absolute atomic E-state index is 13.4. The van der Waals surface area contributed by atoms with Crippen molar-refractivity contribution < 1.29 is 19.1 Å². The first-order chi connectivity index (χ1) is 16.4. The third-order valence-electron chi connectivity index (χ3n) is 6.51. The van der Waals surface area contributed by atoms with Crippen LogP contribution in [0.5, 0.6) is 5.75 Å². The van der Waals surface area contributed by atoms with E-state index in [2.05, 4.69) is 0 Å². The molecule has 7 heteroatoms. The van der Waals surface area contributed by atoms with Crippen LogP contribution < -0.4 is 4.74 Å². The number of ether oxygens (including phenoxy) is 1. The highest BCUT2D eigenvalue weighted by Gasteiger charge is 2.44. The van der Waals surface area contributed by atoms with Crippen molar-refractivity contribution in [3.8, 4) is 5.75 Å². The first-order valence-corrected chi connectivity index (χ1v) is 11.8. The number of Topliss-reactive ketones (excluding diaryl/α,β-unsaturated/α-hetero) is 1. The summed E-state index contributed by atoms with van der Waals surface area (Å²) in [6.07, 6.45) is 1.18. The minimum absolute atomic E-state index is 0.0655. The molecule has 0 atom stereocenters. The van der Waals surface area contributed by atoms with Gasteiger partial charge in [-0.15, -0.1) is 0 Å². The molecule has 1 amide bonds. The largest absolute Gasteiger partial charge is 0.484 e. The number of amides is 1. The monoisotopic (exact) mass is 493 g/mol. The lowest BCUT2D eigenvalue weighted by molar-refractivity contribution is -0.00569. The van der Waals surface area contributed by atoms with Crippen LogP contribution in [0.15, 0.2) is 66.7 Å². The van der Waals surface area contributed by atoms with Crippen LogP contribution >= 0.6 is 23.2 Å². The fourth-order valence-electron chi connectivity index (χ4n) is 4.69. The molecule has 1 saturated heterocycles. The maximum atomic E-state index is 13.4. The molecule has 0 aromatic heterocycles. The van der Waals surface area contributed by atoms with E-state index in [0.29, 0.717) is 64.0 Å². The Kier molecular flexibility index (Phi) is 5.92. The summed E-state index contributed by atoms with van der Waals surface area (Å²) < 4.78 is 6.27. The van der Waals surface area contributed by atoms with Crippen LogP contribution in [-0.4, -0.2) is 41.1 Å². The molecule has 1 spiro atoms. The molecular weight excluding hydrogens is 473 g/mol. The van der Waals surface area contributed by atoms with Gasteiger partial charge in [-0.1, -0.05) is 71.7 Å². The van der Waals surface area contributed by atoms with Crippen LogP contribution in [0.4, 0.5) is 0 Å². The average Bonchev–Trinajstić information content (AvgIpc) is 2.85. The summed E-state index contributed by atoms with van der Waals surface area (Å²) in [7, 11) is 0. The van der Waals surface area contributed by atoms with Crippen molar-refractivity contribution in [2.24, 2.45) is 0 Å². The van der Waals surface area contributed by atoms with Gasteiger partial charge in [-0.2, -0.15) is 0 Å². The lowest BCUT2D eigenvalue weighted by Crippen LogP contribution is -2.52. The molecule has 2 aliphatic heterocycles. The molecule has 5 nitrogen and oxygen atoms in total. The molecule has 1 fully saturated rings. The van der Waals surface area contributed by atoms with E-state index >= 15 is 0 Å². The predicted molar refractivity (Wildman–Crippen MR) is 130 cm³/mol. The molecular formula is C27H21Cl2NO4. The summed E-state index contributed by atoms with van der Waals surface area (Å²) >= 11 is 12.4. The van der Waals surface area contributed by atoms with Crippen molar-refractivity contribution >= 4 is 40.7 Å². The summed E-state index contributed by atoms with van der Waals surface area (Å²) in [4.78, 5) is 41.0. The Labute approximate surface area is 207 Å². The summed E-state index contributed by atoms with van der Waals surface area (Å²) in [5.74, 6) is -0.101. The summed E-state index contributed by atoms with van der Waals surface area (Å²) in [5.41, 5.74) is 0.967. The lowest BCUT2D eigenvalue weighted by Gasteiger charge is -2.44. The number of hydrogen-bond acceptors (Lipinski definition) is 4. The number of carbonyl (C=O) groups excluding carboxylic acids is 3. The Morgan fingerprint density at radius 3 is 2.24 bits per heavy atom. The highest BCUT2D eigenvalue weighted by atomic mass is 35.5. The van der Waals surface area contributed by atoms with Gasteiger partial charge in [0.15, 0.2) is 11.6 Å². The Balaban J connectivity index is 1.35. The van der Waals surface area contributed by atoms with Crippen molar-refractivity contribution in [2.75, 3.05) is 13.1 Å². The number of hydrogen-bond donors (Lipinski definition) is 0. The van der Waals surface area contributed by atoms with E-state index in [0.717, 1.165) is 0 Å². The van der Waals surface area contributed by atoms with Crippen LogP contribution in [0.1, 0.15) is 55.9 Å². The molecule has 0 bridgehead atoms. The number of piperidine rings is 1. The predicted octanol–water partition coefficient (Wildman–Crippen LogP) is 5.86. The molecule has 0 aliphatic carbocycles. The second kappa shape index (κ2) is 8.90. The first kappa shape index (κ1) is 22.6.